The second-order valence-electron chi connectivity index (χ2n) is 4.53. The zero-order chi connectivity index (χ0) is 14.5. The highest BCUT2D eigenvalue weighted by atomic mass is 19.1. The van der Waals surface area contributed by atoms with Crippen molar-refractivity contribution in [1.82, 2.24) is 5.32 Å². The molecule has 2 N–H and O–H groups in total. The molecule has 108 valence electrons. The van der Waals surface area contributed by atoms with E-state index in [9.17, 15) is 9.50 Å². The van der Waals surface area contributed by atoms with Crippen LogP contribution in [0.25, 0.3) is 0 Å². The molecule has 20 heavy (non-hydrogen) atoms. The number of halogens is 1. The summed E-state index contributed by atoms with van der Waals surface area (Å²) in [4.78, 5) is 0. The Hall–Kier alpha value is -1.85. The second-order valence-corrected chi connectivity index (χ2v) is 4.53. The summed E-state index contributed by atoms with van der Waals surface area (Å²) in [6.07, 6.45) is 1.54. The van der Waals surface area contributed by atoms with Gasteiger partial charge in [0.15, 0.2) is 0 Å². The fourth-order valence-electron chi connectivity index (χ4n) is 2.09. The van der Waals surface area contributed by atoms with Crippen molar-refractivity contribution in [2.45, 2.75) is 19.0 Å². The quantitative estimate of drug-likeness (QED) is 0.853. The van der Waals surface area contributed by atoms with E-state index in [0.717, 1.165) is 0 Å². The lowest BCUT2D eigenvalue weighted by molar-refractivity contribution is 0.216. The average molecular weight is 279 g/mol. The Kier molecular flexibility index (Phi) is 4.76. The standard InChI is InChI=1S/C15H18FNO3/c1-10(12-6-5-11(19-2)8-13(12)16)17-14(9-18)15-4-3-7-20-15/h3-8,10,14,17-18H,9H2,1-2H3. The van der Waals surface area contributed by atoms with Gasteiger partial charge in [-0.25, -0.2) is 4.39 Å². The van der Waals surface area contributed by atoms with Crippen molar-refractivity contribution in [1.29, 1.82) is 0 Å². The van der Waals surface area contributed by atoms with Crippen LogP contribution in [-0.2, 0) is 0 Å². The molecular weight excluding hydrogens is 261 g/mol. The molecule has 0 aliphatic heterocycles. The van der Waals surface area contributed by atoms with E-state index in [1.807, 2.05) is 6.92 Å². The molecule has 0 aliphatic carbocycles. The number of hydrogen-bond donors (Lipinski definition) is 2. The molecule has 0 amide bonds. The van der Waals surface area contributed by atoms with Gasteiger partial charge >= 0.3 is 0 Å². The van der Waals surface area contributed by atoms with Crippen LogP contribution < -0.4 is 10.1 Å². The summed E-state index contributed by atoms with van der Waals surface area (Å²) in [5.41, 5.74) is 0.510. The number of rotatable bonds is 6. The Labute approximate surface area is 117 Å². The summed E-state index contributed by atoms with van der Waals surface area (Å²) < 4.78 is 24.2. The number of aliphatic hydroxyl groups is 1. The molecular formula is C15H18FNO3. The van der Waals surface area contributed by atoms with Crippen molar-refractivity contribution in [3.63, 3.8) is 0 Å². The summed E-state index contributed by atoms with van der Waals surface area (Å²) in [6, 6.07) is 7.59. The lowest BCUT2D eigenvalue weighted by Crippen LogP contribution is -2.27. The van der Waals surface area contributed by atoms with Crippen LogP contribution >= 0.6 is 0 Å². The fourth-order valence-corrected chi connectivity index (χ4v) is 2.09. The van der Waals surface area contributed by atoms with Crippen molar-refractivity contribution in [2.24, 2.45) is 0 Å². The molecule has 1 heterocycles. The topological polar surface area (TPSA) is 54.6 Å². The Balaban J connectivity index is 2.13. The Morgan fingerprint density at radius 2 is 2.20 bits per heavy atom. The van der Waals surface area contributed by atoms with Crippen LogP contribution in [0.1, 0.15) is 30.3 Å². The molecule has 2 unspecified atom stereocenters. The number of furan rings is 1. The minimum atomic E-state index is -0.374. The van der Waals surface area contributed by atoms with Crippen LogP contribution in [0, 0.1) is 5.82 Å². The first kappa shape index (κ1) is 14.6. The van der Waals surface area contributed by atoms with Crippen LogP contribution in [0.2, 0.25) is 0 Å². The van der Waals surface area contributed by atoms with Gasteiger partial charge in [0.25, 0.3) is 0 Å². The largest absolute Gasteiger partial charge is 0.497 e. The van der Waals surface area contributed by atoms with Gasteiger partial charge in [-0.05, 0) is 25.1 Å². The van der Waals surface area contributed by atoms with Crippen LogP contribution in [0.15, 0.2) is 41.0 Å². The van der Waals surface area contributed by atoms with E-state index >= 15 is 0 Å². The molecule has 4 nitrogen and oxygen atoms in total. The number of benzene rings is 1. The van der Waals surface area contributed by atoms with Crippen LogP contribution in [-0.4, -0.2) is 18.8 Å². The van der Waals surface area contributed by atoms with Crippen molar-refractivity contribution >= 4 is 0 Å². The van der Waals surface area contributed by atoms with E-state index in [1.165, 1.54) is 19.4 Å². The highest BCUT2D eigenvalue weighted by Crippen LogP contribution is 2.24. The van der Waals surface area contributed by atoms with E-state index in [0.29, 0.717) is 17.1 Å². The normalized spacial score (nSPS) is 14.0. The summed E-state index contributed by atoms with van der Waals surface area (Å²) in [5.74, 6) is 0.747. The average Bonchev–Trinajstić information content (AvgIpc) is 2.98. The van der Waals surface area contributed by atoms with Gasteiger partial charge in [0.05, 0.1) is 26.0 Å². The summed E-state index contributed by atoms with van der Waals surface area (Å²) >= 11 is 0. The maximum absolute atomic E-state index is 14.0. The molecule has 2 atom stereocenters. The Morgan fingerprint density at radius 3 is 2.75 bits per heavy atom. The summed E-state index contributed by atoms with van der Waals surface area (Å²) in [5, 5.41) is 12.5. The molecule has 0 fully saturated rings. The van der Waals surface area contributed by atoms with Gasteiger partial charge in [-0.2, -0.15) is 0 Å². The first-order valence-electron chi connectivity index (χ1n) is 6.39. The van der Waals surface area contributed by atoms with Gasteiger partial charge in [-0.15, -0.1) is 0 Å². The van der Waals surface area contributed by atoms with E-state index in [2.05, 4.69) is 5.32 Å². The predicted octanol–water partition coefficient (Wildman–Crippen LogP) is 2.81. The minimum absolute atomic E-state index is 0.129. The fraction of sp³-hybridized carbons (Fsp3) is 0.333. The van der Waals surface area contributed by atoms with Crippen LogP contribution in [0.5, 0.6) is 5.75 Å². The maximum Gasteiger partial charge on any atom is 0.131 e. The number of methoxy groups -OCH3 is 1. The van der Waals surface area contributed by atoms with Gasteiger partial charge in [0.2, 0.25) is 0 Å². The predicted molar refractivity (Wildman–Crippen MR) is 73.0 cm³/mol. The highest BCUT2D eigenvalue weighted by molar-refractivity contribution is 5.30. The molecule has 0 aliphatic rings. The molecule has 1 aromatic carbocycles. The minimum Gasteiger partial charge on any atom is -0.497 e. The summed E-state index contributed by atoms with van der Waals surface area (Å²) in [7, 11) is 1.49. The molecule has 0 bridgehead atoms. The van der Waals surface area contributed by atoms with Gasteiger partial charge in [-0.3, -0.25) is 5.32 Å². The monoisotopic (exact) mass is 279 g/mol. The third kappa shape index (κ3) is 3.18. The third-order valence-electron chi connectivity index (χ3n) is 3.19. The van der Waals surface area contributed by atoms with Gasteiger partial charge in [0, 0.05) is 17.7 Å². The number of aliphatic hydroxyl groups excluding tert-OH is 1. The smallest absolute Gasteiger partial charge is 0.131 e. The number of nitrogens with one attached hydrogen (secondary N) is 1. The first-order chi connectivity index (χ1) is 9.65. The van der Waals surface area contributed by atoms with Gasteiger partial charge in [-0.1, -0.05) is 6.07 Å². The molecule has 1 aromatic heterocycles. The number of hydrogen-bond acceptors (Lipinski definition) is 4. The maximum atomic E-state index is 14.0. The Bertz CT molecular complexity index is 542. The van der Waals surface area contributed by atoms with Crippen molar-refractivity contribution in [3.8, 4) is 5.75 Å². The van der Waals surface area contributed by atoms with Gasteiger partial charge in [0.1, 0.15) is 17.3 Å². The molecule has 0 spiro atoms. The molecule has 0 radical (unpaired) electrons. The summed E-state index contributed by atoms with van der Waals surface area (Å²) in [6.45, 7) is 1.70. The third-order valence-corrected chi connectivity index (χ3v) is 3.19. The van der Waals surface area contributed by atoms with Crippen molar-refractivity contribution < 1.29 is 18.7 Å². The zero-order valence-electron chi connectivity index (χ0n) is 11.5. The van der Waals surface area contributed by atoms with E-state index in [-0.39, 0.29) is 24.5 Å². The molecule has 0 saturated carbocycles. The highest BCUT2D eigenvalue weighted by Gasteiger charge is 2.19. The van der Waals surface area contributed by atoms with Crippen molar-refractivity contribution in [3.05, 3.63) is 53.7 Å². The van der Waals surface area contributed by atoms with Crippen LogP contribution in [0.4, 0.5) is 4.39 Å². The lowest BCUT2D eigenvalue weighted by atomic mass is 10.1. The second kappa shape index (κ2) is 6.54. The Morgan fingerprint density at radius 1 is 1.40 bits per heavy atom. The molecule has 2 aromatic rings. The molecule has 0 saturated heterocycles. The van der Waals surface area contributed by atoms with E-state index < -0.39 is 0 Å². The van der Waals surface area contributed by atoms with Crippen molar-refractivity contribution in [2.75, 3.05) is 13.7 Å². The SMILES string of the molecule is COc1ccc(C(C)NC(CO)c2ccco2)c(F)c1. The van der Waals surface area contributed by atoms with E-state index in [4.69, 9.17) is 9.15 Å². The lowest BCUT2D eigenvalue weighted by Gasteiger charge is -2.21. The molecule has 2 rings (SSSR count). The van der Waals surface area contributed by atoms with Crippen LogP contribution in [0.3, 0.4) is 0 Å². The van der Waals surface area contributed by atoms with Gasteiger partial charge < -0.3 is 14.3 Å². The van der Waals surface area contributed by atoms with E-state index in [1.54, 1.807) is 24.3 Å². The zero-order valence-corrected chi connectivity index (χ0v) is 11.5. The molecule has 5 heteroatoms. The number of ether oxygens (including phenoxy) is 1. The first-order valence-corrected chi connectivity index (χ1v) is 6.39.